The first-order valence-electron chi connectivity index (χ1n) is 4.05. The van der Waals surface area contributed by atoms with Crippen LogP contribution in [0, 0.1) is 17.7 Å². The zero-order valence-electron chi connectivity index (χ0n) is 7.76. The van der Waals surface area contributed by atoms with Crippen molar-refractivity contribution in [2.75, 3.05) is 0 Å². The van der Waals surface area contributed by atoms with Crippen LogP contribution in [0.2, 0.25) is 0 Å². The molecule has 0 fully saturated rings. The van der Waals surface area contributed by atoms with E-state index >= 15 is 0 Å². The molecule has 1 rings (SSSR count). The third kappa shape index (κ3) is 3.73. The molecule has 1 nitrogen and oxygen atoms in total. The van der Waals surface area contributed by atoms with Crippen LogP contribution in [0.25, 0.3) is 0 Å². The van der Waals surface area contributed by atoms with E-state index in [9.17, 15) is 4.39 Å². The monoisotopic (exact) mass is 177 g/mol. The summed E-state index contributed by atoms with van der Waals surface area (Å²) in [5, 5.41) is 0. The van der Waals surface area contributed by atoms with Crippen molar-refractivity contribution in [2.24, 2.45) is 5.73 Å². The predicted octanol–water partition coefficient (Wildman–Crippen LogP) is 1.91. The summed E-state index contributed by atoms with van der Waals surface area (Å²) in [5.41, 5.74) is 5.94. The van der Waals surface area contributed by atoms with Gasteiger partial charge in [0.1, 0.15) is 5.82 Å². The third-order valence-corrected chi connectivity index (χ3v) is 1.37. The number of halogens is 1. The van der Waals surface area contributed by atoms with Gasteiger partial charge in [0, 0.05) is 5.56 Å². The highest BCUT2D eigenvalue weighted by Crippen LogP contribution is 2.01. The number of rotatable bonds is 0. The van der Waals surface area contributed by atoms with Crippen LogP contribution in [0.5, 0.6) is 0 Å². The van der Waals surface area contributed by atoms with Crippen LogP contribution < -0.4 is 5.73 Å². The molecule has 0 saturated heterocycles. The molecule has 0 aliphatic carbocycles. The van der Waals surface area contributed by atoms with Crippen LogP contribution in [-0.2, 0) is 0 Å². The summed E-state index contributed by atoms with van der Waals surface area (Å²) in [5.74, 6) is 5.48. The van der Waals surface area contributed by atoms with E-state index in [1.54, 1.807) is 12.1 Å². The first-order chi connectivity index (χ1) is 5.97. The molecule has 0 spiro atoms. The van der Waals surface area contributed by atoms with Gasteiger partial charge in [-0.3, -0.25) is 0 Å². The average molecular weight is 177 g/mol. The van der Waals surface area contributed by atoms with E-state index in [-0.39, 0.29) is 5.82 Å². The zero-order chi connectivity index (χ0) is 9.90. The normalized spacial score (nSPS) is 10.5. The molecule has 2 N–H and O–H groups in total. The summed E-state index contributed by atoms with van der Waals surface area (Å²) < 4.78 is 12.5. The highest BCUT2D eigenvalue weighted by Gasteiger charge is 2.03. The topological polar surface area (TPSA) is 26.0 Å². The van der Waals surface area contributed by atoms with Crippen molar-refractivity contribution in [3.8, 4) is 11.8 Å². The number of hydrogen-bond donors (Lipinski definition) is 1. The number of benzene rings is 1. The Morgan fingerprint density at radius 3 is 2.23 bits per heavy atom. The van der Waals surface area contributed by atoms with Crippen molar-refractivity contribution in [3.05, 3.63) is 35.6 Å². The second-order valence-corrected chi connectivity index (χ2v) is 3.48. The van der Waals surface area contributed by atoms with E-state index in [0.29, 0.717) is 0 Å². The summed E-state index contributed by atoms with van der Waals surface area (Å²) in [6.07, 6.45) is 0. The van der Waals surface area contributed by atoms with Gasteiger partial charge in [-0.15, -0.1) is 0 Å². The molecule has 0 aromatic heterocycles. The van der Waals surface area contributed by atoms with Gasteiger partial charge in [0.25, 0.3) is 0 Å². The SMILES string of the molecule is CC(C)(N)C#Cc1ccc(F)cc1. The average Bonchev–Trinajstić information content (AvgIpc) is 2.02. The van der Waals surface area contributed by atoms with Crippen LogP contribution >= 0.6 is 0 Å². The van der Waals surface area contributed by atoms with E-state index in [1.165, 1.54) is 12.1 Å². The van der Waals surface area contributed by atoms with E-state index in [1.807, 2.05) is 13.8 Å². The Morgan fingerprint density at radius 2 is 1.77 bits per heavy atom. The molecule has 0 bridgehead atoms. The van der Waals surface area contributed by atoms with Crippen molar-refractivity contribution in [2.45, 2.75) is 19.4 Å². The van der Waals surface area contributed by atoms with E-state index in [0.717, 1.165) is 5.56 Å². The van der Waals surface area contributed by atoms with Crippen molar-refractivity contribution >= 4 is 0 Å². The van der Waals surface area contributed by atoms with Crippen molar-refractivity contribution < 1.29 is 4.39 Å². The lowest BCUT2D eigenvalue weighted by molar-refractivity contribution is 0.627. The zero-order valence-corrected chi connectivity index (χ0v) is 7.76. The Kier molecular flexibility index (Phi) is 2.69. The van der Waals surface area contributed by atoms with Crippen LogP contribution in [0.4, 0.5) is 4.39 Å². The second-order valence-electron chi connectivity index (χ2n) is 3.48. The van der Waals surface area contributed by atoms with Gasteiger partial charge in [-0.25, -0.2) is 4.39 Å². The summed E-state index contributed by atoms with van der Waals surface area (Å²) in [4.78, 5) is 0. The highest BCUT2D eigenvalue weighted by molar-refractivity contribution is 5.36. The highest BCUT2D eigenvalue weighted by atomic mass is 19.1. The standard InChI is InChI=1S/C11H12FN/c1-11(2,13)8-7-9-3-5-10(12)6-4-9/h3-6H,13H2,1-2H3. The summed E-state index contributed by atoms with van der Waals surface area (Å²) in [6, 6.07) is 6.03. The van der Waals surface area contributed by atoms with Gasteiger partial charge in [0.15, 0.2) is 0 Å². The molecular weight excluding hydrogens is 165 g/mol. The summed E-state index contributed by atoms with van der Waals surface area (Å²) in [7, 11) is 0. The fourth-order valence-corrected chi connectivity index (χ4v) is 0.766. The number of hydrogen-bond acceptors (Lipinski definition) is 1. The minimum Gasteiger partial charge on any atom is -0.316 e. The Balaban J connectivity index is 2.85. The van der Waals surface area contributed by atoms with Crippen LogP contribution in [0.3, 0.4) is 0 Å². The molecule has 1 aromatic carbocycles. The Hall–Kier alpha value is -1.33. The van der Waals surface area contributed by atoms with Crippen LogP contribution in [0.15, 0.2) is 24.3 Å². The molecule has 0 heterocycles. The molecule has 0 amide bonds. The molecule has 0 saturated carbocycles. The maximum absolute atomic E-state index is 12.5. The van der Waals surface area contributed by atoms with Gasteiger partial charge >= 0.3 is 0 Å². The van der Waals surface area contributed by atoms with E-state index in [4.69, 9.17) is 5.73 Å². The minimum atomic E-state index is -0.506. The molecule has 0 aliphatic heterocycles. The van der Waals surface area contributed by atoms with Crippen molar-refractivity contribution in [1.82, 2.24) is 0 Å². The quantitative estimate of drug-likeness (QED) is 0.602. The maximum Gasteiger partial charge on any atom is 0.123 e. The van der Waals surface area contributed by atoms with Crippen LogP contribution in [-0.4, -0.2) is 5.54 Å². The van der Waals surface area contributed by atoms with E-state index in [2.05, 4.69) is 11.8 Å². The number of nitrogens with two attached hydrogens (primary N) is 1. The van der Waals surface area contributed by atoms with E-state index < -0.39 is 5.54 Å². The molecule has 0 radical (unpaired) electrons. The molecule has 0 atom stereocenters. The molecule has 1 aromatic rings. The van der Waals surface area contributed by atoms with Crippen LogP contribution in [0.1, 0.15) is 19.4 Å². The lowest BCUT2D eigenvalue weighted by Gasteiger charge is -2.07. The largest absolute Gasteiger partial charge is 0.316 e. The lowest BCUT2D eigenvalue weighted by atomic mass is 10.1. The fourth-order valence-electron chi connectivity index (χ4n) is 0.766. The van der Waals surface area contributed by atoms with Gasteiger partial charge in [0.05, 0.1) is 5.54 Å². The third-order valence-electron chi connectivity index (χ3n) is 1.37. The minimum absolute atomic E-state index is 0.252. The van der Waals surface area contributed by atoms with Gasteiger partial charge in [-0.05, 0) is 38.1 Å². The summed E-state index contributed by atoms with van der Waals surface area (Å²) >= 11 is 0. The second kappa shape index (κ2) is 3.59. The first-order valence-corrected chi connectivity index (χ1v) is 4.05. The molecular formula is C11H12FN. The molecule has 2 heteroatoms. The molecule has 0 unspecified atom stereocenters. The van der Waals surface area contributed by atoms with Crippen molar-refractivity contribution in [3.63, 3.8) is 0 Å². The summed E-state index contributed by atoms with van der Waals surface area (Å²) in [6.45, 7) is 3.65. The van der Waals surface area contributed by atoms with Crippen molar-refractivity contribution in [1.29, 1.82) is 0 Å². The Bertz CT molecular complexity index is 335. The molecule has 0 aliphatic rings. The lowest BCUT2D eigenvalue weighted by Crippen LogP contribution is -2.29. The Morgan fingerprint density at radius 1 is 1.23 bits per heavy atom. The first kappa shape index (κ1) is 9.76. The Labute approximate surface area is 77.8 Å². The van der Waals surface area contributed by atoms with Gasteiger partial charge in [-0.2, -0.15) is 0 Å². The van der Waals surface area contributed by atoms with Gasteiger partial charge < -0.3 is 5.73 Å². The smallest absolute Gasteiger partial charge is 0.123 e. The maximum atomic E-state index is 12.5. The molecule has 13 heavy (non-hydrogen) atoms. The predicted molar refractivity (Wildman–Crippen MR) is 51.5 cm³/mol. The van der Waals surface area contributed by atoms with Gasteiger partial charge in [-0.1, -0.05) is 11.8 Å². The fraction of sp³-hybridized carbons (Fsp3) is 0.273. The molecule has 68 valence electrons. The van der Waals surface area contributed by atoms with Gasteiger partial charge in [0.2, 0.25) is 0 Å².